The van der Waals surface area contributed by atoms with Crippen LogP contribution < -0.4 is 0 Å². The maximum Gasteiger partial charge on any atom is 0.0251 e. The highest BCUT2D eigenvalue weighted by molar-refractivity contribution is 5.99. The van der Waals surface area contributed by atoms with Gasteiger partial charge in [0.25, 0.3) is 0 Å². The number of hydrogen-bond acceptors (Lipinski definition) is 0. The Balaban J connectivity index is 1.70. The molecule has 0 aromatic heterocycles. The molecule has 0 atom stereocenters. The molecule has 0 fully saturated rings. The van der Waals surface area contributed by atoms with E-state index in [2.05, 4.69) is 86.1 Å². The predicted molar refractivity (Wildman–Crippen MR) is 133 cm³/mol. The molecule has 0 aliphatic carbocycles. The van der Waals surface area contributed by atoms with Crippen molar-refractivity contribution >= 4 is 21.5 Å². The molecule has 0 N–H and O–H groups in total. The van der Waals surface area contributed by atoms with Crippen LogP contribution in [0, 0.1) is 23.7 Å². The summed E-state index contributed by atoms with van der Waals surface area (Å²) in [6.45, 7) is 4.49. The Morgan fingerprint density at radius 1 is 0.500 bits per heavy atom. The smallest absolute Gasteiger partial charge is 0.0251 e. The third-order valence-electron chi connectivity index (χ3n) is 5.57. The largest absolute Gasteiger partial charge is 0.0979 e. The third-order valence-corrected chi connectivity index (χ3v) is 5.57. The van der Waals surface area contributed by atoms with Gasteiger partial charge in [0.05, 0.1) is 0 Å². The molecule has 0 amide bonds. The molecule has 0 saturated heterocycles. The number of hydrogen-bond donors (Lipinski definition) is 0. The molecule has 154 valence electrons. The minimum absolute atomic E-state index is 0.998. The van der Waals surface area contributed by atoms with Gasteiger partial charge in [-0.25, -0.2) is 0 Å². The van der Waals surface area contributed by atoms with Crippen LogP contribution in [0.1, 0.15) is 89.2 Å². The van der Waals surface area contributed by atoms with Crippen molar-refractivity contribution in [3.8, 4) is 23.7 Å². The first-order valence-electron chi connectivity index (χ1n) is 11.8. The molecule has 3 aromatic rings. The van der Waals surface area contributed by atoms with E-state index >= 15 is 0 Å². The molecule has 0 heterocycles. The number of benzene rings is 3. The van der Waals surface area contributed by atoms with Gasteiger partial charge in [-0.15, -0.1) is 0 Å². The van der Waals surface area contributed by atoms with Gasteiger partial charge in [0, 0.05) is 24.0 Å². The Labute approximate surface area is 183 Å². The summed E-state index contributed by atoms with van der Waals surface area (Å²) in [4.78, 5) is 0. The van der Waals surface area contributed by atoms with Gasteiger partial charge in [0.15, 0.2) is 0 Å². The summed E-state index contributed by atoms with van der Waals surface area (Å²) in [6, 6.07) is 17.7. The lowest BCUT2D eigenvalue weighted by Gasteiger charge is -2.04. The highest BCUT2D eigenvalue weighted by Crippen LogP contribution is 2.24. The van der Waals surface area contributed by atoms with E-state index in [-0.39, 0.29) is 0 Å². The molecule has 0 aliphatic rings. The lowest BCUT2D eigenvalue weighted by Crippen LogP contribution is -1.82. The Hall–Kier alpha value is -2.70. The normalized spacial score (nSPS) is 10.5. The van der Waals surface area contributed by atoms with Crippen molar-refractivity contribution in [2.45, 2.75) is 78.1 Å². The fourth-order valence-corrected chi connectivity index (χ4v) is 3.76. The monoisotopic (exact) mass is 394 g/mol. The van der Waals surface area contributed by atoms with Gasteiger partial charge in [-0.2, -0.15) is 0 Å². The molecule has 0 aliphatic heterocycles. The van der Waals surface area contributed by atoms with Crippen LogP contribution in [0.4, 0.5) is 0 Å². The van der Waals surface area contributed by atoms with Gasteiger partial charge >= 0.3 is 0 Å². The first-order chi connectivity index (χ1) is 14.8. The lowest BCUT2D eigenvalue weighted by molar-refractivity contribution is 0.679. The Kier molecular flexibility index (Phi) is 8.87. The highest BCUT2D eigenvalue weighted by atomic mass is 14.0. The Morgan fingerprint density at radius 2 is 0.967 bits per heavy atom. The summed E-state index contributed by atoms with van der Waals surface area (Å²) in [6.07, 6.45) is 12.2. The van der Waals surface area contributed by atoms with Crippen LogP contribution in [0.2, 0.25) is 0 Å². The quantitative estimate of drug-likeness (QED) is 0.204. The van der Waals surface area contributed by atoms with Gasteiger partial charge in [0.1, 0.15) is 0 Å². The minimum atomic E-state index is 0.998. The van der Waals surface area contributed by atoms with E-state index in [1.165, 1.54) is 72.9 Å². The second kappa shape index (κ2) is 12.1. The van der Waals surface area contributed by atoms with Crippen molar-refractivity contribution < 1.29 is 0 Å². The van der Waals surface area contributed by atoms with E-state index in [0.29, 0.717) is 0 Å². The zero-order chi connectivity index (χ0) is 21.0. The van der Waals surface area contributed by atoms with Crippen LogP contribution in [0.25, 0.3) is 21.5 Å². The van der Waals surface area contributed by atoms with Crippen LogP contribution in [0.3, 0.4) is 0 Å². The minimum Gasteiger partial charge on any atom is -0.0979 e. The zero-order valence-corrected chi connectivity index (χ0v) is 18.7. The fourth-order valence-electron chi connectivity index (χ4n) is 3.76. The average Bonchev–Trinajstić information content (AvgIpc) is 2.77. The van der Waals surface area contributed by atoms with E-state index < -0.39 is 0 Å². The van der Waals surface area contributed by atoms with Gasteiger partial charge in [-0.1, -0.05) is 88.2 Å². The summed E-state index contributed by atoms with van der Waals surface area (Å²) in [5.41, 5.74) is 2.23. The van der Waals surface area contributed by atoms with Crippen molar-refractivity contribution in [3.63, 3.8) is 0 Å². The highest BCUT2D eigenvalue weighted by Gasteiger charge is 2.00. The average molecular weight is 395 g/mol. The molecule has 3 rings (SSSR count). The van der Waals surface area contributed by atoms with Crippen molar-refractivity contribution in [2.24, 2.45) is 0 Å². The van der Waals surface area contributed by atoms with E-state index in [1.807, 2.05) is 0 Å². The molecule has 0 unspecified atom stereocenters. The summed E-state index contributed by atoms with van der Waals surface area (Å²) >= 11 is 0. The molecule has 0 heteroatoms. The maximum atomic E-state index is 3.34. The zero-order valence-electron chi connectivity index (χ0n) is 18.7. The summed E-state index contributed by atoms with van der Waals surface area (Å²) in [5.74, 6) is 13.4. The SMILES string of the molecule is CCCCCCC#Cc1ccc2cc3cc(C#CCCCCCC)ccc3cc2c1. The van der Waals surface area contributed by atoms with Gasteiger partial charge in [-0.3, -0.25) is 0 Å². The van der Waals surface area contributed by atoms with Crippen molar-refractivity contribution in [3.05, 3.63) is 59.7 Å². The van der Waals surface area contributed by atoms with Crippen molar-refractivity contribution in [1.29, 1.82) is 0 Å². The summed E-state index contributed by atoms with van der Waals surface area (Å²) in [5, 5.41) is 5.05. The molecule has 3 aromatic carbocycles. The van der Waals surface area contributed by atoms with Gasteiger partial charge in [-0.05, 0) is 70.8 Å². The second-order valence-corrected chi connectivity index (χ2v) is 8.20. The van der Waals surface area contributed by atoms with Crippen LogP contribution in [0.15, 0.2) is 48.5 Å². The molecular formula is C30H34. The van der Waals surface area contributed by atoms with Gasteiger partial charge < -0.3 is 0 Å². The first-order valence-corrected chi connectivity index (χ1v) is 11.8. The van der Waals surface area contributed by atoms with Crippen molar-refractivity contribution in [1.82, 2.24) is 0 Å². The Bertz CT molecular complexity index is 990. The van der Waals surface area contributed by atoms with E-state index in [4.69, 9.17) is 0 Å². The number of fused-ring (bicyclic) bond motifs is 2. The second-order valence-electron chi connectivity index (χ2n) is 8.20. The predicted octanol–water partition coefficient (Wildman–Crippen LogP) is 8.64. The molecule has 0 radical (unpaired) electrons. The molecule has 30 heavy (non-hydrogen) atoms. The standard InChI is InChI=1S/C30H34/c1-3-5-7-9-11-13-15-25-17-19-27-24-30-22-26(16-14-12-10-8-6-4-2)18-20-28(30)23-29(27)21-25/h17-24H,3-12H2,1-2H3. The third kappa shape index (κ3) is 6.68. The van der Waals surface area contributed by atoms with Crippen LogP contribution in [0.5, 0.6) is 0 Å². The lowest BCUT2D eigenvalue weighted by atomic mass is 10.00. The summed E-state index contributed by atoms with van der Waals surface area (Å²) in [7, 11) is 0. The van der Waals surface area contributed by atoms with Crippen molar-refractivity contribution in [2.75, 3.05) is 0 Å². The van der Waals surface area contributed by atoms with Gasteiger partial charge in [0.2, 0.25) is 0 Å². The van der Waals surface area contributed by atoms with Crippen LogP contribution in [-0.4, -0.2) is 0 Å². The van der Waals surface area contributed by atoms with E-state index in [1.54, 1.807) is 0 Å². The van der Waals surface area contributed by atoms with Crippen LogP contribution in [-0.2, 0) is 0 Å². The number of rotatable bonds is 8. The van der Waals surface area contributed by atoms with E-state index in [0.717, 1.165) is 24.0 Å². The topological polar surface area (TPSA) is 0 Å². The molecule has 0 nitrogen and oxygen atoms in total. The first kappa shape index (κ1) is 22.0. The molecule has 0 bridgehead atoms. The fraction of sp³-hybridized carbons (Fsp3) is 0.400. The molecule has 0 saturated carbocycles. The molecule has 0 spiro atoms. The van der Waals surface area contributed by atoms with E-state index in [9.17, 15) is 0 Å². The molecular weight excluding hydrogens is 360 g/mol. The maximum absolute atomic E-state index is 3.34. The Morgan fingerprint density at radius 3 is 1.40 bits per heavy atom. The van der Waals surface area contributed by atoms with Crippen LogP contribution >= 0.6 is 0 Å². The summed E-state index contributed by atoms with van der Waals surface area (Å²) < 4.78 is 0. The number of unbranched alkanes of at least 4 members (excludes halogenated alkanes) is 8.